The fourth-order valence-corrected chi connectivity index (χ4v) is 3.10. The van der Waals surface area contributed by atoms with Crippen molar-refractivity contribution in [1.29, 1.82) is 0 Å². The molecule has 2 atom stereocenters. The fraction of sp³-hybridized carbons (Fsp3) is 0.471. The first-order chi connectivity index (χ1) is 11.6. The van der Waals surface area contributed by atoms with Crippen LogP contribution in [0, 0.1) is 11.8 Å². The van der Waals surface area contributed by atoms with Crippen molar-refractivity contribution >= 4 is 18.1 Å². The number of benzene rings is 1. The zero-order chi connectivity index (χ0) is 17.1. The largest absolute Gasteiger partial charge is 0.465 e. The number of carbonyl (C=O) groups is 3. The van der Waals surface area contributed by atoms with Gasteiger partial charge in [-0.2, -0.15) is 0 Å². The molecule has 3 rings (SSSR count). The number of hydrogen-bond acceptors (Lipinski definition) is 4. The highest BCUT2D eigenvalue weighted by atomic mass is 16.6. The van der Waals surface area contributed by atoms with E-state index in [1.165, 1.54) is 4.90 Å². The molecule has 1 aliphatic heterocycles. The Labute approximate surface area is 139 Å². The third-order valence-electron chi connectivity index (χ3n) is 4.49. The maximum atomic E-state index is 12.8. The number of carbonyl (C=O) groups excluding carboxylic acids is 2. The van der Waals surface area contributed by atoms with Crippen molar-refractivity contribution in [2.45, 2.75) is 25.3 Å². The van der Waals surface area contributed by atoms with E-state index < -0.39 is 18.1 Å². The number of ether oxygens (including phenoxy) is 1. The van der Waals surface area contributed by atoms with E-state index >= 15 is 0 Å². The van der Waals surface area contributed by atoms with Crippen LogP contribution in [-0.4, -0.2) is 47.3 Å². The Morgan fingerprint density at radius 1 is 1.29 bits per heavy atom. The summed E-state index contributed by atoms with van der Waals surface area (Å²) in [4.78, 5) is 36.8. The third kappa shape index (κ3) is 3.67. The Morgan fingerprint density at radius 2 is 2.00 bits per heavy atom. The van der Waals surface area contributed by atoms with Gasteiger partial charge in [0.15, 0.2) is 0 Å². The molecule has 3 amide bonds. The van der Waals surface area contributed by atoms with E-state index in [0.29, 0.717) is 6.42 Å². The molecular weight excluding hydrogens is 312 g/mol. The van der Waals surface area contributed by atoms with Gasteiger partial charge in [-0.05, 0) is 30.7 Å². The van der Waals surface area contributed by atoms with E-state index in [-0.39, 0.29) is 31.0 Å². The molecule has 1 aromatic carbocycles. The molecule has 1 saturated heterocycles. The number of nitrogens with one attached hydrogen (secondary N) is 1. The fourth-order valence-electron chi connectivity index (χ4n) is 3.10. The summed E-state index contributed by atoms with van der Waals surface area (Å²) in [7, 11) is 0. The van der Waals surface area contributed by atoms with Gasteiger partial charge in [-0.15, -0.1) is 0 Å². The van der Waals surface area contributed by atoms with Crippen LogP contribution in [0.2, 0.25) is 0 Å². The summed E-state index contributed by atoms with van der Waals surface area (Å²) in [5.41, 5.74) is 1.02. The van der Waals surface area contributed by atoms with Gasteiger partial charge < -0.3 is 15.2 Å². The number of amides is 3. The van der Waals surface area contributed by atoms with Crippen LogP contribution in [0.5, 0.6) is 0 Å². The van der Waals surface area contributed by atoms with Gasteiger partial charge in [0.05, 0.1) is 12.0 Å². The molecule has 1 aliphatic carbocycles. The Balaban J connectivity index is 1.72. The van der Waals surface area contributed by atoms with Crippen molar-refractivity contribution < 1.29 is 24.2 Å². The van der Waals surface area contributed by atoms with Crippen LogP contribution in [0.4, 0.5) is 9.59 Å². The second-order valence-electron chi connectivity index (χ2n) is 6.26. The molecule has 0 radical (unpaired) electrons. The molecule has 7 nitrogen and oxygen atoms in total. The Morgan fingerprint density at radius 3 is 2.62 bits per heavy atom. The van der Waals surface area contributed by atoms with Crippen LogP contribution in [0.3, 0.4) is 0 Å². The van der Waals surface area contributed by atoms with Gasteiger partial charge in [0.2, 0.25) is 5.91 Å². The summed E-state index contributed by atoms with van der Waals surface area (Å²) in [6.07, 6.45) is 0.482. The normalized spacial score (nSPS) is 21.2. The average molecular weight is 332 g/mol. The Bertz CT molecular complexity index is 629. The molecule has 1 heterocycles. The van der Waals surface area contributed by atoms with Gasteiger partial charge >= 0.3 is 12.2 Å². The molecule has 2 aliphatic rings. The van der Waals surface area contributed by atoms with E-state index in [9.17, 15) is 14.4 Å². The van der Waals surface area contributed by atoms with Crippen LogP contribution < -0.4 is 5.32 Å². The summed E-state index contributed by atoms with van der Waals surface area (Å²) in [6.45, 7) is 0.198. The topological polar surface area (TPSA) is 95.9 Å². The first-order valence-corrected chi connectivity index (χ1v) is 8.07. The van der Waals surface area contributed by atoms with Gasteiger partial charge in [0, 0.05) is 6.54 Å². The number of nitrogens with zero attached hydrogens (tertiary/aromatic N) is 1. The van der Waals surface area contributed by atoms with Gasteiger partial charge in [-0.3, -0.25) is 4.79 Å². The van der Waals surface area contributed by atoms with E-state index in [2.05, 4.69) is 5.32 Å². The predicted molar refractivity (Wildman–Crippen MR) is 84.4 cm³/mol. The lowest BCUT2D eigenvalue weighted by Gasteiger charge is -2.25. The summed E-state index contributed by atoms with van der Waals surface area (Å²) in [6, 6.07) is 9.25. The SMILES string of the molecule is O=C(O)NCC(C(=O)N1C(=O)OCC1Cc1ccccc1)C1CC1. The van der Waals surface area contributed by atoms with Crippen molar-refractivity contribution in [2.75, 3.05) is 13.2 Å². The smallest absolute Gasteiger partial charge is 0.416 e. The van der Waals surface area contributed by atoms with Crippen LogP contribution in [-0.2, 0) is 16.0 Å². The van der Waals surface area contributed by atoms with E-state index in [1.54, 1.807) is 0 Å². The molecule has 1 saturated carbocycles. The summed E-state index contributed by atoms with van der Waals surface area (Å²) < 4.78 is 5.08. The molecular formula is C17H20N2O5. The molecule has 24 heavy (non-hydrogen) atoms. The van der Waals surface area contributed by atoms with Gasteiger partial charge in [-0.25, -0.2) is 14.5 Å². The molecule has 128 valence electrons. The lowest BCUT2D eigenvalue weighted by atomic mass is 9.99. The highest BCUT2D eigenvalue weighted by molar-refractivity contribution is 5.95. The quantitative estimate of drug-likeness (QED) is 0.829. The lowest BCUT2D eigenvalue weighted by molar-refractivity contribution is -0.133. The minimum Gasteiger partial charge on any atom is -0.465 e. The van der Waals surface area contributed by atoms with E-state index in [4.69, 9.17) is 9.84 Å². The molecule has 0 spiro atoms. The summed E-state index contributed by atoms with van der Waals surface area (Å²) >= 11 is 0. The monoisotopic (exact) mass is 332 g/mol. The first kappa shape index (κ1) is 16.3. The highest BCUT2D eigenvalue weighted by Crippen LogP contribution is 2.38. The first-order valence-electron chi connectivity index (χ1n) is 8.07. The van der Waals surface area contributed by atoms with Crippen molar-refractivity contribution in [3.8, 4) is 0 Å². The number of rotatable bonds is 6. The summed E-state index contributed by atoms with van der Waals surface area (Å²) in [5.74, 6) is -0.713. The van der Waals surface area contributed by atoms with Crippen LogP contribution in [0.25, 0.3) is 0 Å². The van der Waals surface area contributed by atoms with Crippen LogP contribution >= 0.6 is 0 Å². The second-order valence-corrected chi connectivity index (χ2v) is 6.26. The van der Waals surface area contributed by atoms with Crippen molar-refractivity contribution in [1.82, 2.24) is 10.2 Å². The average Bonchev–Trinajstić information content (AvgIpc) is 3.32. The van der Waals surface area contributed by atoms with Crippen LogP contribution in [0.15, 0.2) is 30.3 Å². The molecule has 0 bridgehead atoms. The molecule has 1 aromatic rings. The van der Waals surface area contributed by atoms with Gasteiger partial charge in [-0.1, -0.05) is 30.3 Å². The number of hydrogen-bond donors (Lipinski definition) is 2. The highest BCUT2D eigenvalue weighted by Gasteiger charge is 2.45. The van der Waals surface area contributed by atoms with Crippen LogP contribution in [0.1, 0.15) is 18.4 Å². The predicted octanol–water partition coefficient (Wildman–Crippen LogP) is 1.87. The number of imide groups is 1. The van der Waals surface area contributed by atoms with Crippen molar-refractivity contribution in [3.05, 3.63) is 35.9 Å². The molecule has 0 aromatic heterocycles. The second kappa shape index (κ2) is 6.90. The van der Waals surface area contributed by atoms with Crippen molar-refractivity contribution in [3.63, 3.8) is 0 Å². The third-order valence-corrected chi connectivity index (χ3v) is 4.49. The number of carboxylic acid groups (broad SMARTS) is 1. The maximum Gasteiger partial charge on any atom is 0.416 e. The van der Waals surface area contributed by atoms with E-state index in [1.807, 2.05) is 30.3 Å². The van der Waals surface area contributed by atoms with Gasteiger partial charge in [0.25, 0.3) is 0 Å². The van der Waals surface area contributed by atoms with Gasteiger partial charge in [0.1, 0.15) is 6.61 Å². The zero-order valence-electron chi connectivity index (χ0n) is 13.2. The molecule has 2 N–H and O–H groups in total. The number of cyclic esters (lactones) is 1. The Hall–Kier alpha value is -2.57. The van der Waals surface area contributed by atoms with E-state index in [0.717, 1.165) is 18.4 Å². The lowest BCUT2D eigenvalue weighted by Crippen LogP contribution is -2.47. The standard InChI is InChI=1S/C17H20N2O5/c20-15(14(12-6-7-12)9-18-16(21)22)19-13(10-24-17(19)23)8-11-4-2-1-3-5-11/h1-5,12-14,18H,6-10H2,(H,21,22). The molecule has 2 unspecified atom stereocenters. The minimum absolute atomic E-state index is 0.0284. The zero-order valence-corrected chi connectivity index (χ0v) is 13.2. The maximum absolute atomic E-state index is 12.8. The Kier molecular flexibility index (Phi) is 4.69. The molecule has 7 heteroatoms. The molecule has 2 fully saturated rings. The van der Waals surface area contributed by atoms with Crippen molar-refractivity contribution in [2.24, 2.45) is 11.8 Å². The minimum atomic E-state index is -1.17. The summed E-state index contributed by atoms with van der Waals surface area (Å²) in [5, 5.41) is 11.1.